The van der Waals surface area contributed by atoms with Crippen LogP contribution in [0.1, 0.15) is 54.7 Å². The molecule has 0 fully saturated rings. The lowest BCUT2D eigenvalue weighted by molar-refractivity contribution is -0.137. The molecule has 1 aromatic heterocycles. The molecule has 3 aromatic rings. The number of pyridine rings is 1. The Labute approximate surface area is 223 Å². The molecule has 3 unspecified atom stereocenters. The van der Waals surface area contributed by atoms with Crippen LogP contribution in [0.15, 0.2) is 66.9 Å². The van der Waals surface area contributed by atoms with Crippen LogP contribution in [0.2, 0.25) is 0 Å². The lowest BCUT2D eigenvalue weighted by Crippen LogP contribution is -2.42. The fraction of sp³-hybridized carbons (Fsp3) is 0.367. The second-order valence-electron chi connectivity index (χ2n) is 10.1. The van der Waals surface area contributed by atoms with Gasteiger partial charge in [0.15, 0.2) is 0 Å². The van der Waals surface area contributed by atoms with Crippen LogP contribution < -0.4 is 14.8 Å². The quantitative estimate of drug-likeness (QED) is 0.360. The molecule has 0 saturated carbocycles. The molecule has 0 aliphatic carbocycles. The molecule has 38 heavy (non-hydrogen) atoms. The van der Waals surface area contributed by atoms with Gasteiger partial charge in [-0.05, 0) is 41.8 Å². The van der Waals surface area contributed by atoms with Crippen molar-refractivity contribution in [3.05, 3.63) is 83.7 Å². The number of anilines is 1. The fourth-order valence-electron chi connectivity index (χ4n) is 4.62. The first-order chi connectivity index (χ1) is 18.2. The van der Waals surface area contributed by atoms with Gasteiger partial charge in [-0.1, -0.05) is 51.1 Å². The van der Waals surface area contributed by atoms with Crippen molar-refractivity contribution in [2.75, 3.05) is 18.9 Å². The van der Waals surface area contributed by atoms with E-state index < -0.39 is 5.97 Å². The van der Waals surface area contributed by atoms with Crippen LogP contribution in [-0.4, -0.2) is 52.6 Å². The Morgan fingerprint density at radius 3 is 2.55 bits per heavy atom. The van der Waals surface area contributed by atoms with E-state index in [2.05, 4.69) is 37.1 Å². The lowest BCUT2D eigenvalue weighted by atomic mass is 9.87. The van der Waals surface area contributed by atoms with Crippen LogP contribution in [0, 0.1) is 5.92 Å². The van der Waals surface area contributed by atoms with Crippen LogP contribution in [-0.2, 0) is 11.4 Å². The van der Waals surface area contributed by atoms with Gasteiger partial charge >= 0.3 is 5.97 Å². The molecule has 0 bridgehead atoms. The number of fused-ring (bicyclic) bond motifs is 1. The molecule has 3 atom stereocenters. The normalized spacial score (nSPS) is 16.9. The standard InChI is InChI=1S/C30H35N3O5/c1-19(2)28(32-22-10-12-25(31-17-22)30(36)33(4)15-14-27(34)35)29-20(3)24-16-23(11-13-26(24)38-29)37-18-21-8-6-5-7-9-21/h5-13,16-17,19-20,28-29,32H,14-15,18H2,1-4H3,(H,34,35). The Kier molecular flexibility index (Phi) is 8.51. The smallest absolute Gasteiger partial charge is 0.305 e. The highest BCUT2D eigenvalue weighted by atomic mass is 16.5. The lowest BCUT2D eigenvalue weighted by Gasteiger charge is -2.31. The predicted octanol–water partition coefficient (Wildman–Crippen LogP) is 5.21. The summed E-state index contributed by atoms with van der Waals surface area (Å²) in [6, 6.07) is 19.6. The maximum absolute atomic E-state index is 12.6. The maximum Gasteiger partial charge on any atom is 0.305 e. The van der Waals surface area contributed by atoms with E-state index >= 15 is 0 Å². The molecule has 1 aliphatic heterocycles. The number of hydrogen-bond donors (Lipinski definition) is 2. The molecule has 0 spiro atoms. The molecule has 0 radical (unpaired) electrons. The molecule has 1 aliphatic rings. The predicted molar refractivity (Wildman–Crippen MR) is 146 cm³/mol. The van der Waals surface area contributed by atoms with Gasteiger partial charge in [0.2, 0.25) is 0 Å². The highest BCUT2D eigenvalue weighted by Crippen LogP contribution is 2.42. The van der Waals surface area contributed by atoms with Gasteiger partial charge in [0.1, 0.15) is 29.9 Å². The average Bonchev–Trinajstić information content (AvgIpc) is 3.24. The van der Waals surface area contributed by atoms with Crippen LogP contribution in [0.4, 0.5) is 5.69 Å². The zero-order valence-electron chi connectivity index (χ0n) is 22.3. The molecule has 2 N–H and O–H groups in total. The summed E-state index contributed by atoms with van der Waals surface area (Å²) < 4.78 is 12.5. The highest BCUT2D eigenvalue weighted by Gasteiger charge is 2.38. The van der Waals surface area contributed by atoms with Crippen molar-refractivity contribution in [2.45, 2.75) is 51.9 Å². The van der Waals surface area contributed by atoms with E-state index in [1.165, 1.54) is 4.90 Å². The summed E-state index contributed by atoms with van der Waals surface area (Å²) in [5.74, 6) is 0.821. The number of aliphatic carboxylic acids is 1. The van der Waals surface area contributed by atoms with Gasteiger partial charge in [-0.25, -0.2) is 4.98 Å². The third-order valence-electron chi connectivity index (χ3n) is 6.87. The van der Waals surface area contributed by atoms with Crippen molar-refractivity contribution in [3.63, 3.8) is 0 Å². The summed E-state index contributed by atoms with van der Waals surface area (Å²) in [6.07, 6.45) is 1.43. The van der Waals surface area contributed by atoms with Crippen molar-refractivity contribution in [1.82, 2.24) is 9.88 Å². The summed E-state index contributed by atoms with van der Waals surface area (Å²) in [5, 5.41) is 12.4. The van der Waals surface area contributed by atoms with E-state index in [0.29, 0.717) is 6.61 Å². The van der Waals surface area contributed by atoms with Gasteiger partial charge < -0.3 is 24.8 Å². The van der Waals surface area contributed by atoms with Gasteiger partial charge in [-0.15, -0.1) is 0 Å². The van der Waals surface area contributed by atoms with Gasteiger partial charge in [0, 0.05) is 25.1 Å². The Morgan fingerprint density at radius 1 is 1.13 bits per heavy atom. The molecule has 0 saturated heterocycles. The van der Waals surface area contributed by atoms with Crippen LogP contribution in [0.5, 0.6) is 11.5 Å². The van der Waals surface area contributed by atoms with Crippen molar-refractivity contribution >= 4 is 17.6 Å². The number of carbonyl (C=O) groups is 2. The number of carbonyl (C=O) groups excluding carboxylic acids is 1. The first-order valence-corrected chi connectivity index (χ1v) is 12.9. The van der Waals surface area contributed by atoms with Crippen molar-refractivity contribution in [2.24, 2.45) is 5.92 Å². The van der Waals surface area contributed by atoms with E-state index in [-0.39, 0.29) is 48.5 Å². The summed E-state index contributed by atoms with van der Waals surface area (Å²) in [5.41, 5.74) is 3.29. The summed E-state index contributed by atoms with van der Waals surface area (Å²) in [7, 11) is 1.57. The van der Waals surface area contributed by atoms with Gasteiger partial charge in [0.05, 0.1) is 24.3 Å². The number of benzene rings is 2. The molecule has 200 valence electrons. The number of aromatic nitrogens is 1. The maximum atomic E-state index is 12.6. The first-order valence-electron chi connectivity index (χ1n) is 12.9. The number of ether oxygens (including phenoxy) is 2. The van der Waals surface area contributed by atoms with Gasteiger partial charge in [-0.3, -0.25) is 9.59 Å². The molecule has 2 aromatic carbocycles. The van der Waals surface area contributed by atoms with Crippen molar-refractivity contribution < 1.29 is 24.2 Å². The third-order valence-corrected chi connectivity index (χ3v) is 6.87. The Hall–Kier alpha value is -4.07. The SMILES string of the molecule is CC(C)C(Nc1ccc(C(=O)N(C)CCC(=O)O)nc1)C1Oc2ccc(OCc3ccccc3)cc2C1C. The second kappa shape index (κ2) is 12.0. The van der Waals surface area contributed by atoms with Crippen LogP contribution >= 0.6 is 0 Å². The van der Waals surface area contributed by atoms with E-state index in [1.807, 2.05) is 48.5 Å². The Bertz CT molecular complexity index is 1250. The van der Waals surface area contributed by atoms with E-state index in [1.54, 1.807) is 19.3 Å². The Morgan fingerprint density at radius 2 is 1.89 bits per heavy atom. The van der Waals surface area contributed by atoms with Gasteiger partial charge in [0.25, 0.3) is 5.91 Å². The molecule has 2 heterocycles. The molecular weight excluding hydrogens is 482 g/mol. The fourth-order valence-corrected chi connectivity index (χ4v) is 4.62. The first kappa shape index (κ1) is 27.0. The van der Waals surface area contributed by atoms with Crippen molar-refractivity contribution in [1.29, 1.82) is 0 Å². The molecule has 8 nitrogen and oxygen atoms in total. The minimum absolute atomic E-state index is 0.00678. The van der Waals surface area contributed by atoms with Crippen LogP contribution in [0.3, 0.4) is 0 Å². The van der Waals surface area contributed by atoms with E-state index in [9.17, 15) is 9.59 Å². The monoisotopic (exact) mass is 517 g/mol. The number of carboxylic acid groups (broad SMARTS) is 1. The summed E-state index contributed by atoms with van der Waals surface area (Å²) >= 11 is 0. The number of hydrogen-bond acceptors (Lipinski definition) is 6. The van der Waals surface area contributed by atoms with Crippen LogP contribution in [0.25, 0.3) is 0 Å². The minimum Gasteiger partial charge on any atom is -0.489 e. The topological polar surface area (TPSA) is 101 Å². The van der Waals surface area contributed by atoms with E-state index in [4.69, 9.17) is 14.6 Å². The largest absolute Gasteiger partial charge is 0.489 e. The third kappa shape index (κ3) is 6.43. The van der Waals surface area contributed by atoms with Gasteiger partial charge in [-0.2, -0.15) is 0 Å². The number of rotatable bonds is 11. The zero-order chi connectivity index (χ0) is 27.2. The van der Waals surface area contributed by atoms with Crippen molar-refractivity contribution in [3.8, 4) is 11.5 Å². The molecule has 1 amide bonds. The zero-order valence-corrected chi connectivity index (χ0v) is 22.3. The minimum atomic E-state index is -0.946. The summed E-state index contributed by atoms with van der Waals surface area (Å²) in [4.78, 5) is 29.0. The molecule has 8 heteroatoms. The average molecular weight is 518 g/mol. The number of nitrogens with zero attached hydrogens (tertiary/aromatic N) is 2. The molecule has 4 rings (SSSR count). The number of nitrogens with one attached hydrogen (secondary N) is 1. The van der Waals surface area contributed by atoms with E-state index in [0.717, 1.165) is 28.3 Å². The highest BCUT2D eigenvalue weighted by molar-refractivity contribution is 5.92. The summed E-state index contributed by atoms with van der Waals surface area (Å²) in [6.45, 7) is 7.10. The number of carboxylic acids is 1. The second-order valence-corrected chi connectivity index (χ2v) is 10.1. The number of amides is 1. The molecular formula is C30H35N3O5. The Balaban J connectivity index is 1.41.